The van der Waals surface area contributed by atoms with Crippen molar-refractivity contribution < 1.29 is 4.74 Å². The third kappa shape index (κ3) is 5.22. The van der Waals surface area contributed by atoms with E-state index < -0.39 is 0 Å². The van der Waals surface area contributed by atoms with Crippen LogP contribution >= 0.6 is 0 Å². The first-order chi connectivity index (χ1) is 9.34. The first-order valence-corrected chi connectivity index (χ1v) is 7.17. The van der Waals surface area contributed by atoms with Crippen LogP contribution in [0.25, 0.3) is 0 Å². The summed E-state index contributed by atoms with van der Waals surface area (Å²) in [7, 11) is 0. The molecule has 110 valence electrons. The van der Waals surface area contributed by atoms with Crippen molar-refractivity contribution in [3.05, 3.63) is 29.8 Å². The van der Waals surface area contributed by atoms with E-state index in [0.29, 0.717) is 17.4 Å². The van der Waals surface area contributed by atoms with E-state index >= 15 is 0 Å². The molecule has 1 rings (SSSR count). The van der Waals surface area contributed by atoms with Crippen molar-refractivity contribution in [3.8, 4) is 11.8 Å². The molecular formula is C17H26N2O. The SMILES string of the molecule is CC(NCC(C)C(C)(C)C)c1ccc(OCC#N)cc1. The quantitative estimate of drug-likeness (QED) is 0.855. The second-order valence-corrected chi connectivity index (χ2v) is 6.41. The number of hydrogen-bond donors (Lipinski definition) is 1. The van der Waals surface area contributed by atoms with E-state index in [0.717, 1.165) is 12.3 Å². The maximum Gasteiger partial charge on any atom is 0.174 e. The summed E-state index contributed by atoms with van der Waals surface area (Å²) < 4.78 is 5.25. The fourth-order valence-corrected chi connectivity index (χ4v) is 1.75. The Morgan fingerprint density at radius 3 is 2.30 bits per heavy atom. The van der Waals surface area contributed by atoms with Crippen LogP contribution in [-0.2, 0) is 0 Å². The van der Waals surface area contributed by atoms with Gasteiger partial charge in [0.15, 0.2) is 6.61 Å². The predicted octanol–water partition coefficient (Wildman–Crippen LogP) is 3.92. The van der Waals surface area contributed by atoms with E-state index in [2.05, 4.69) is 39.9 Å². The zero-order valence-corrected chi connectivity index (χ0v) is 13.2. The second kappa shape index (κ2) is 7.31. The third-order valence-corrected chi connectivity index (χ3v) is 3.89. The molecule has 0 fully saturated rings. The van der Waals surface area contributed by atoms with E-state index in [9.17, 15) is 0 Å². The van der Waals surface area contributed by atoms with Crippen molar-refractivity contribution >= 4 is 0 Å². The van der Waals surface area contributed by atoms with Gasteiger partial charge in [-0.3, -0.25) is 0 Å². The molecule has 3 heteroatoms. The topological polar surface area (TPSA) is 45.0 Å². The summed E-state index contributed by atoms with van der Waals surface area (Å²) in [6, 6.07) is 10.2. The van der Waals surface area contributed by atoms with Crippen LogP contribution < -0.4 is 10.1 Å². The second-order valence-electron chi connectivity index (χ2n) is 6.41. The Morgan fingerprint density at radius 1 is 1.20 bits per heavy atom. The number of hydrogen-bond acceptors (Lipinski definition) is 3. The fourth-order valence-electron chi connectivity index (χ4n) is 1.75. The Kier molecular flexibility index (Phi) is 6.04. The van der Waals surface area contributed by atoms with E-state index in [1.807, 2.05) is 30.3 Å². The number of nitrogens with one attached hydrogen (secondary N) is 1. The molecule has 0 saturated heterocycles. The van der Waals surface area contributed by atoms with E-state index in [4.69, 9.17) is 10.00 Å². The van der Waals surface area contributed by atoms with Gasteiger partial charge in [-0.25, -0.2) is 0 Å². The van der Waals surface area contributed by atoms with Gasteiger partial charge in [-0.2, -0.15) is 5.26 Å². The lowest BCUT2D eigenvalue weighted by Gasteiger charge is -2.29. The Balaban J connectivity index is 2.51. The summed E-state index contributed by atoms with van der Waals surface area (Å²) in [6.07, 6.45) is 0. The van der Waals surface area contributed by atoms with E-state index in [1.54, 1.807) is 0 Å². The minimum Gasteiger partial charge on any atom is -0.479 e. The number of ether oxygens (including phenoxy) is 1. The van der Waals surface area contributed by atoms with Crippen LogP contribution in [0.2, 0.25) is 0 Å². The zero-order valence-electron chi connectivity index (χ0n) is 13.2. The smallest absolute Gasteiger partial charge is 0.174 e. The molecule has 0 aliphatic carbocycles. The maximum absolute atomic E-state index is 8.47. The molecule has 2 atom stereocenters. The van der Waals surface area contributed by atoms with Gasteiger partial charge < -0.3 is 10.1 Å². The van der Waals surface area contributed by atoms with Crippen LogP contribution in [0, 0.1) is 22.7 Å². The van der Waals surface area contributed by atoms with Crippen molar-refractivity contribution in [1.29, 1.82) is 5.26 Å². The molecule has 0 amide bonds. The highest BCUT2D eigenvalue weighted by Crippen LogP contribution is 2.25. The van der Waals surface area contributed by atoms with Crippen molar-refractivity contribution in [2.24, 2.45) is 11.3 Å². The van der Waals surface area contributed by atoms with Crippen molar-refractivity contribution in [2.45, 2.75) is 40.7 Å². The monoisotopic (exact) mass is 274 g/mol. The molecule has 0 aliphatic heterocycles. The molecular weight excluding hydrogens is 248 g/mol. The van der Waals surface area contributed by atoms with Crippen LogP contribution in [0.4, 0.5) is 0 Å². The lowest BCUT2D eigenvalue weighted by molar-refractivity contribution is 0.247. The summed E-state index contributed by atoms with van der Waals surface area (Å²) in [5.74, 6) is 1.36. The van der Waals surface area contributed by atoms with Crippen molar-refractivity contribution in [2.75, 3.05) is 13.2 Å². The Labute approximate surface area is 123 Å². The molecule has 0 aliphatic rings. The van der Waals surface area contributed by atoms with Gasteiger partial charge in [0.1, 0.15) is 11.8 Å². The van der Waals surface area contributed by atoms with Gasteiger partial charge in [0, 0.05) is 6.04 Å². The van der Waals surface area contributed by atoms with E-state index in [1.165, 1.54) is 5.56 Å². The highest BCUT2D eigenvalue weighted by molar-refractivity contribution is 5.29. The van der Waals surface area contributed by atoms with Crippen molar-refractivity contribution in [3.63, 3.8) is 0 Å². The highest BCUT2D eigenvalue weighted by Gasteiger charge is 2.20. The summed E-state index contributed by atoms with van der Waals surface area (Å²) in [6.45, 7) is 12.3. The molecule has 0 bridgehead atoms. The molecule has 1 N–H and O–H groups in total. The zero-order chi connectivity index (χ0) is 15.2. The molecule has 1 aromatic rings. The van der Waals surface area contributed by atoms with Crippen LogP contribution in [0.1, 0.15) is 46.2 Å². The molecule has 0 radical (unpaired) electrons. The van der Waals surface area contributed by atoms with Gasteiger partial charge in [-0.15, -0.1) is 0 Å². The summed E-state index contributed by atoms with van der Waals surface area (Å²) in [4.78, 5) is 0. The predicted molar refractivity (Wildman–Crippen MR) is 82.6 cm³/mol. The van der Waals surface area contributed by atoms with Gasteiger partial charge in [0.2, 0.25) is 0 Å². The summed E-state index contributed by atoms with van der Waals surface area (Å²) >= 11 is 0. The fraction of sp³-hybridized carbons (Fsp3) is 0.588. The largest absolute Gasteiger partial charge is 0.479 e. The highest BCUT2D eigenvalue weighted by atomic mass is 16.5. The van der Waals surface area contributed by atoms with Crippen LogP contribution in [0.15, 0.2) is 24.3 Å². The molecule has 3 nitrogen and oxygen atoms in total. The van der Waals surface area contributed by atoms with Gasteiger partial charge in [-0.05, 0) is 42.5 Å². The maximum atomic E-state index is 8.47. The molecule has 0 saturated carbocycles. The Morgan fingerprint density at radius 2 is 1.80 bits per heavy atom. The van der Waals surface area contributed by atoms with Gasteiger partial charge in [0.05, 0.1) is 0 Å². The minimum absolute atomic E-state index is 0.0935. The lowest BCUT2D eigenvalue weighted by Crippen LogP contribution is -2.31. The van der Waals surface area contributed by atoms with Crippen LogP contribution in [0.3, 0.4) is 0 Å². The molecule has 0 heterocycles. The number of rotatable bonds is 6. The van der Waals surface area contributed by atoms with Gasteiger partial charge in [0.25, 0.3) is 0 Å². The normalized spacial score (nSPS) is 14.4. The number of nitriles is 1. The summed E-state index contributed by atoms with van der Waals surface area (Å²) in [5.41, 5.74) is 1.55. The average molecular weight is 274 g/mol. The standard InChI is InChI=1S/C17H26N2O/c1-13(17(3,4)5)12-19-14(2)15-6-8-16(9-7-15)20-11-10-18/h6-9,13-14,19H,11-12H2,1-5H3. The average Bonchev–Trinajstić information content (AvgIpc) is 2.41. The lowest BCUT2D eigenvalue weighted by atomic mass is 9.82. The Hall–Kier alpha value is -1.53. The Bertz CT molecular complexity index is 440. The molecule has 20 heavy (non-hydrogen) atoms. The molecule has 0 aromatic heterocycles. The van der Waals surface area contributed by atoms with Crippen molar-refractivity contribution in [1.82, 2.24) is 5.32 Å². The number of nitrogens with zero attached hydrogens (tertiary/aromatic N) is 1. The third-order valence-electron chi connectivity index (χ3n) is 3.89. The van der Waals surface area contributed by atoms with Crippen LogP contribution in [0.5, 0.6) is 5.75 Å². The first kappa shape index (κ1) is 16.5. The first-order valence-electron chi connectivity index (χ1n) is 7.17. The van der Waals surface area contributed by atoms with Gasteiger partial charge >= 0.3 is 0 Å². The number of benzene rings is 1. The van der Waals surface area contributed by atoms with Crippen LogP contribution in [-0.4, -0.2) is 13.2 Å². The molecule has 0 spiro atoms. The molecule has 2 unspecified atom stereocenters. The molecule has 1 aromatic carbocycles. The van der Waals surface area contributed by atoms with Gasteiger partial charge in [-0.1, -0.05) is 39.8 Å². The summed E-state index contributed by atoms with van der Waals surface area (Å²) in [5, 5.41) is 12.0. The van der Waals surface area contributed by atoms with E-state index in [-0.39, 0.29) is 6.61 Å². The minimum atomic E-state index is 0.0935.